The highest BCUT2D eigenvalue weighted by molar-refractivity contribution is 9.10. The third-order valence-corrected chi connectivity index (χ3v) is 5.34. The first-order chi connectivity index (χ1) is 13.1. The average molecular weight is 431 g/mol. The van der Waals surface area contributed by atoms with E-state index in [0.717, 1.165) is 16.6 Å². The number of halogens is 1. The number of piperidine rings is 1. The van der Waals surface area contributed by atoms with Gasteiger partial charge in [0.2, 0.25) is 0 Å². The molecule has 0 aromatic heterocycles. The molecule has 1 atom stereocenters. The Morgan fingerprint density at radius 1 is 1.11 bits per heavy atom. The van der Waals surface area contributed by atoms with Crippen molar-refractivity contribution in [3.63, 3.8) is 0 Å². The van der Waals surface area contributed by atoms with Crippen LogP contribution < -0.4 is 10.1 Å². The lowest BCUT2D eigenvalue weighted by atomic mass is 10.1. The second-order valence-electron chi connectivity index (χ2n) is 7.09. The van der Waals surface area contributed by atoms with Crippen LogP contribution in [-0.4, -0.2) is 30.0 Å². The summed E-state index contributed by atoms with van der Waals surface area (Å²) >= 11 is 3.39. The molecular weight excluding hydrogens is 404 g/mol. The number of ether oxygens (including phenoxy) is 1. The molecule has 1 saturated heterocycles. The van der Waals surface area contributed by atoms with Crippen LogP contribution in [0.2, 0.25) is 0 Å². The number of amides is 1. The molecule has 0 bridgehead atoms. The van der Waals surface area contributed by atoms with Gasteiger partial charge < -0.3 is 10.1 Å². The predicted molar refractivity (Wildman–Crippen MR) is 112 cm³/mol. The molecule has 3 rings (SSSR count). The van der Waals surface area contributed by atoms with Gasteiger partial charge >= 0.3 is 0 Å². The lowest BCUT2D eigenvalue weighted by molar-refractivity contribution is -0.127. The van der Waals surface area contributed by atoms with Crippen molar-refractivity contribution in [1.29, 1.82) is 0 Å². The molecule has 27 heavy (non-hydrogen) atoms. The molecule has 1 amide bonds. The van der Waals surface area contributed by atoms with Crippen molar-refractivity contribution in [2.24, 2.45) is 0 Å². The summed E-state index contributed by atoms with van der Waals surface area (Å²) in [4.78, 5) is 14.8. The van der Waals surface area contributed by atoms with Crippen molar-refractivity contribution in [2.75, 3.05) is 13.1 Å². The largest absolute Gasteiger partial charge is 0.481 e. The number of hydrogen-bond acceptors (Lipinski definition) is 3. The van der Waals surface area contributed by atoms with Gasteiger partial charge in [0.15, 0.2) is 6.10 Å². The molecule has 1 aliphatic rings. The Labute approximate surface area is 170 Å². The van der Waals surface area contributed by atoms with E-state index in [1.165, 1.54) is 37.9 Å². The first-order valence-corrected chi connectivity index (χ1v) is 10.4. The van der Waals surface area contributed by atoms with Gasteiger partial charge in [0.25, 0.3) is 5.91 Å². The minimum atomic E-state index is -0.539. The highest BCUT2D eigenvalue weighted by Crippen LogP contribution is 2.17. The van der Waals surface area contributed by atoms with Gasteiger partial charge in [-0.2, -0.15) is 0 Å². The molecule has 1 aliphatic heterocycles. The number of nitrogens with one attached hydrogen (secondary N) is 1. The molecule has 2 aromatic rings. The van der Waals surface area contributed by atoms with Crippen LogP contribution in [0.1, 0.15) is 37.3 Å². The lowest BCUT2D eigenvalue weighted by Gasteiger charge is -2.26. The third-order valence-electron chi connectivity index (χ3n) is 4.81. The van der Waals surface area contributed by atoms with E-state index in [1.54, 1.807) is 6.92 Å². The Morgan fingerprint density at radius 3 is 2.56 bits per heavy atom. The molecule has 0 radical (unpaired) electrons. The molecule has 5 heteroatoms. The monoisotopic (exact) mass is 430 g/mol. The SMILES string of the molecule is C[C@@H](Oc1ccc(Br)cc1)C(=O)NCc1cccc(CN2CCCCC2)c1. The maximum Gasteiger partial charge on any atom is 0.261 e. The quantitative estimate of drug-likeness (QED) is 0.701. The zero-order chi connectivity index (χ0) is 19.1. The number of carbonyl (C=O) groups is 1. The van der Waals surface area contributed by atoms with Crippen LogP contribution in [0.5, 0.6) is 5.75 Å². The molecule has 0 spiro atoms. The Morgan fingerprint density at radius 2 is 1.81 bits per heavy atom. The molecule has 0 aliphatic carbocycles. The van der Waals surface area contributed by atoms with E-state index in [0.29, 0.717) is 12.3 Å². The van der Waals surface area contributed by atoms with Crippen LogP contribution in [0.25, 0.3) is 0 Å². The van der Waals surface area contributed by atoms with Gasteiger partial charge in [-0.25, -0.2) is 0 Å². The normalized spacial score (nSPS) is 15.9. The van der Waals surface area contributed by atoms with Gasteiger partial charge in [0, 0.05) is 17.6 Å². The Balaban J connectivity index is 1.49. The number of benzene rings is 2. The smallest absolute Gasteiger partial charge is 0.261 e. The highest BCUT2D eigenvalue weighted by Gasteiger charge is 2.15. The third kappa shape index (κ3) is 6.36. The molecular formula is C22H27BrN2O2. The number of carbonyl (C=O) groups excluding carboxylic acids is 1. The van der Waals surface area contributed by atoms with E-state index in [2.05, 4.69) is 50.4 Å². The summed E-state index contributed by atoms with van der Waals surface area (Å²) in [6.45, 7) is 5.65. The molecule has 1 heterocycles. The van der Waals surface area contributed by atoms with Crippen LogP contribution in [0.15, 0.2) is 53.0 Å². The number of rotatable bonds is 7. The fourth-order valence-electron chi connectivity index (χ4n) is 3.32. The summed E-state index contributed by atoms with van der Waals surface area (Å²) in [6, 6.07) is 16.0. The second kappa shape index (κ2) is 9.90. The van der Waals surface area contributed by atoms with Gasteiger partial charge in [-0.1, -0.05) is 46.6 Å². The van der Waals surface area contributed by atoms with E-state index in [4.69, 9.17) is 4.74 Å². The predicted octanol–water partition coefficient (Wildman–Crippen LogP) is 4.52. The number of likely N-dealkylation sites (tertiary alicyclic amines) is 1. The molecule has 1 N–H and O–H groups in total. The van der Waals surface area contributed by atoms with E-state index >= 15 is 0 Å². The summed E-state index contributed by atoms with van der Waals surface area (Å²) < 4.78 is 6.69. The van der Waals surface area contributed by atoms with E-state index in [9.17, 15) is 4.79 Å². The van der Waals surface area contributed by atoms with Crippen LogP contribution >= 0.6 is 15.9 Å². The van der Waals surface area contributed by atoms with E-state index in [-0.39, 0.29) is 5.91 Å². The van der Waals surface area contributed by atoms with Crippen LogP contribution in [0, 0.1) is 0 Å². The summed E-state index contributed by atoms with van der Waals surface area (Å²) in [5.41, 5.74) is 2.43. The van der Waals surface area contributed by atoms with E-state index < -0.39 is 6.10 Å². The van der Waals surface area contributed by atoms with Gasteiger partial charge in [-0.15, -0.1) is 0 Å². The Kier molecular flexibility index (Phi) is 7.30. The summed E-state index contributed by atoms with van der Waals surface area (Å²) in [7, 11) is 0. The Bertz CT molecular complexity index is 742. The van der Waals surface area contributed by atoms with Crippen LogP contribution in [0.4, 0.5) is 0 Å². The standard InChI is InChI=1S/C22H27BrN2O2/c1-17(27-21-10-8-20(23)9-11-21)22(26)24-15-18-6-5-7-19(14-18)16-25-12-3-2-4-13-25/h5-11,14,17H,2-4,12-13,15-16H2,1H3,(H,24,26)/t17-/m1/s1. The topological polar surface area (TPSA) is 41.6 Å². The van der Waals surface area contributed by atoms with Crippen molar-refractivity contribution in [2.45, 2.75) is 45.4 Å². The van der Waals surface area contributed by atoms with Gasteiger partial charge in [-0.3, -0.25) is 9.69 Å². The Hall–Kier alpha value is -1.85. The van der Waals surface area contributed by atoms with Crippen LogP contribution in [-0.2, 0) is 17.9 Å². The fourth-order valence-corrected chi connectivity index (χ4v) is 3.58. The molecule has 4 nitrogen and oxygen atoms in total. The second-order valence-corrected chi connectivity index (χ2v) is 8.00. The van der Waals surface area contributed by atoms with Crippen LogP contribution in [0.3, 0.4) is 0 Å². The maximum absolute atomic E-state index is 12.3. The summed E-state index contributed by atoms with van der Waals surface area (Å²) in [5, 5.41) is 2.97. The van der Waals surface area contributed by atoms with Crippen molar-refractivity contribution in [1.82, 2.24) is 10.2 Å². The molecule has 1 fully saturated rings. The van der Waals surface area contributed by atoms with Gasteiger partial charge in [-0.05, 0) is 68.2 Å². The van der Waals surface area contributed by atoms with Crippen molar-refractivity contribution in [3.8, 4) is 5.75 Å². The zero-order valence-electron chi connectivity index (χ0n) is 15.8. The zero-order valence-corrected chi connectivity index (χ0v) is 17.4. The number of hydrogen-bond donors (Lipinski definition) is 1. The molecule has 144 valence electrons. The summed E-state index contributed by atoms with van der Waals surface area (Å²) in [5.74, 6) is 0.573. The van der Waals surface area contributed by atoms with Crippen molar-refractivity contribution in [3.05, 3.63) is 64.1 Å². The maximum atomic E-state index is 12.3. The van der Waals surface area contributed by atoms with Crippen molar-refractivity contribution >= 4 is 21.8 Å². The van der Waals surface area contributed by atoms with Crippen molar-refractivity contribution < 1.29 is 9.53 Å². The lowest BCUT2D eigenvalue weighted by Crippen LogP contribution is -2.35. The highest BCUT2D eigenvalue weighted by atomic mass is 79.9. The molecule has 0 unspecified atom stereocenters. The first kappa shape index (κ1) is 19.9. The fraction of sp³-hybridized carbons (Fsp3) is 0.409. The molecule has 0 saturated carbocycles. The number of nitrogens with zero attached hydrogens (tertiary/aromatic N) is 1. The van der Waals surface area contributed by atoms with E-state index in [1.807, 2.05) is 24.3 Å². The van der Waals surface area contributed by atoms with Gasteiger partial charge in [0.1, 0.15) is 5.75 Å². The average Bonchev–Trinajstić information content (AvgIpc) is 2.69. The molecule has 2 aromatic carbocycles. The minimum absolute atomic E-state index is 0.112. The minimum Gasteiger partial charge on any atom is -0.481 e. The van der Waals surface area contributed by atoms with Gasteiger partial charge in [0.05, 0.1) is 0 Å². The first-order valence-electron chi connectivity index (χ1n) is 9.60. The summed E-state index contributed by atoms with van der Waals surface area (Å²) in [6.07, 6.45) is 3.41.